The van der Waals surface area contributed by atoms with Crippen molar-refractivity contribution < 1.29 is 27.6 Å². The minimum absolute atomic E-state index is 0.160. The number of rotatable bonds is 3. The van der Waals surface area contributed by atoms with E-state index in [9.17, 15) is 22.8 Å². The molecule has 1 aromatic carbocycles. The molecule has 5 nitrogen and oxygen atoms in total. The number of likely N-dealkylation sites (N-methyl/N-ethyl adjacent to an activating group) is 1. The number of benzene rings is 1. The third-order valence-corrected chi connectivity index (χ3v) is 2.87. The predicted octanol–water partition coefficient (Wildman–Crippen LogP) is 1.99. The number of nitrogens with zero attached hydrogens (tertiary/aromatic N) is 1. The maximum Gasteiger partial charge on any atom is 0.417 e. The second-order valence-corrected chi connectivity index (χ2v) is 4.39. The fourth-order valence-electron chi connectivity index (χ4n) is 1.38. The average molecular weight is 325 g/mol. The molecular weight excluding hydrogens is 313 g/mol. The molecular formula is C12H12ClF3N2O3. The van der Waals surface area contributed by atoms with E-state index < -0.39 is 28.6 Å². The topological polar surface area (TPSA) is 58.6 Å². The Bertz CT molecular complexity index is 549. The van der Waals surface area contributed by atoms with Gasteiger partial charge in [-0.3, -0.25) is 14.4 Å². The number of alkyl halides is 3. The molecule has 116 valence electrons. The summed E-state index contributed by atoms with van der Waals surface area (Å²) < 4.78 is 38.0. The number of nitrogens with one attached hydrogen (secondary N) is 1. The smallest absolute Gasteiger partial charge is 0.344 e. The number of hydrogen-bond donors (Lipinski definition) is 1. The van der Waals surface area contributed by atoms with Gasteiger partial charge in [0, 0.05) is 13.6 Å². The largest absolute Gasteiger partial charge is 0.417 e. The second-order valence-electron chi connectivity index (χ2n) is 3.98. The molecule has 0 atom stereocenters. The molecule has 1 rings (SSSR count). The van der Waals surface area contributed by atoms with Crippen molar-refractivity contribution in [3.05, 3.63) is 34.3 Å². The van der Waals surface area contributed by atoms with Gasteiger partial charge in [0.1, 0.15) is 0 Å². The van der Waals surface area contributed by atoms with Gasteiger partial charge in [-0.25, -0.2) is 5.06 Å². The Labute approximate surface area is 123 Å². The first-order chi connectivity index (χ1) is 9.66. The summed E-state index contributed by atoms with van der Waals surface area (Å²) in [4.78, 5) is 27.3. The van der Waals surface area contributed by atoms with Crippen LogP contribution in [0.5, 0.6) is 0 Å². The van der Waals surface area contributed by atoms with E-state index in [-0.39, 0.29) is 12.1 Å². The van der Waals surface area contributed by atoms with Crippen LogP contribution in [0.3, 0.4) is 0 Å². The minimum atomic E-state index is -4.59. The summed E-state index contributed by atoms with van der Waals surface area (Å²) in [5, 5.41) is 2.45. The molecule has 0 aromatic heterocycles. The standard InChI is InChI=1S/C12H12ClF3N2O3/c1-18(21-2)11(20)10(19)17-6-7-3-4-9(13)8(5-7)12(14,15)16/h3-5H,6H2,1-2H3,(H,17,19). The lowest BCUT2D eigenvalue weighted by molar-refractivity contribution is -0.173. The molecule has 0 unspecified atom stereocenters. The van der Waals surface area contributed by atoms with Crippen molar-refractivity contribution >= 4 is 23.4 Å². The van der Waals surface area contributed by atoms with Gasteiger partial charge in [-0.2, -0.15) is 13.2 Å². The van der Waals surface area contributed by atoms with E-state index >= 15 is 0 Å². The monoisotopic (exact) mass is 324 g/mol. The Hall–Kier alpha value is -1.80. The zero-order valence-corrected chi connectivity index (χ0v) is 11.9. The summed E-state index contributed by atoms with van der Waals surface area (Å²) in [7, 11) is 2.42. The lowest BCUT2D eigenvalue weighted by Gasteiger charge is -2.14. The molecule has 0 bridgehead atoms. The lowest BCUT2D eigenvalue weighted by Crippen LogP contribution is -2.40. The predicted molar refractivity (Wildman–Crippen MR) is 68.1 cm³/mol. The molecule has 0 fully saturated rings. The van der Waals surface area contributed by atoms with Crippen LogP contribution in [-0.4, -0.2) is 31.0 Å². The number of hydrogen-bond acceptors (Lipinski definition) is 3. The molecule has 9 heteroatoms. The van der Waals surface area contributed by atoms with Crippen LogP contribution in [-0.2, 0) is 27.1 Å². The molecule has 0 saturated heterocycles. The first-order valence-electron chi connectivity index (χ1n) is 5.62. The molecule has 2 amide bonds. The third kappa shape index (κ3) is 4.61. The van der Waals surface area contributed by atoms with Gasteiger partial charge in [0.15, 0.2) is 0 Å². The summed E-state index contributed by atoms with van der Waals surface area (Å²) >= 11 is 5.47. The summed E-state index contributed by atoms with van der Waals surface area (Å²) in [6, 6.07) is 3.21. The van der Waals surface area contributed by atoms with E-state index in [1.165, 1.54) is 20.2 Å². The van der Waals surface area contributed by atoms with Gasteiger partial charge in [0.2, 0.25) is 0 Å². The Morgan fingerprint density at radius 2 is 2.00 bits per heavy atom. The van der Waals surface area contributed by atoms with E-state index in [2.05, 4.69) is 10.2 Å². The fraction of sp³-hybridized carbons (Fsp3) is 0.333. The van der Waals surface area contributed by atoms with Gasteiger partial charge in [0.05, 0.1) is 17.7 Å². The van der Waals surface area contributed by atoms with Crippen molar-refractivity contribution in [2.45, 2.75) is 12.7 Å². The second kappa shape index (κ2) is 6.77. The quantitative estimate of drug-likeness (QED) is 0.683. The molecule has 0 spiro atoms. The maximum absolute atomic E-state index is 12.7. The highest BCUT2D eigenvalue weighted by Gasteiger charge is 2.33. The zero-order chi connectivity index (χ0) is 16.2. The van der Waals surface area contributed by atoms with Crippen molar-refractivity contribution in [3.63, 3.8) is 0 Å². The Balaban J connectivity index is 2.77. The van der Waals surface area contributed by atoms with E-state index in [4.69, 9.17) is 11.6 Å². The number of carbonyl (C=O) groups excluding carboxylic acids is 2. The van der Waals surface area contributed by atoms with Gasteiger partial charge in [-0.1, -0.05) is 17.7 Å². The highest BCUT2D eigenvalue weighted by atomic mass is 35.5. The van der Waals surface area contributed by atoms with Crippen LogP contribution >= 0.6 is 11.6 Å². The summed E-state index contributed by atoms with van der Waals surface area (Å²) in [6.07, 6.45) is -4.59. The van der Waals surface area contributed by atoms with E-state index in [0.717, 1.165) is 12.1 Å². The summed E-state index contributed by atoms with van der Waals surface area (Å²) in [5.41, 5.74) is -0.843. The molecule has 0 aliphatic heterocycles. The van der Waals surface area contributed by atoms with Gasteiger partial charge in [0.25, 0.3) is 0 Å². The molecule has 0 heterocycles. The van der Waals surface area contributed by atoms with Crippen LogP contribution < -0.4 is 5.32 Å². The molecule has 0 aliphatic carbocycles. The zero-order valence-electron chi connectivity index (χ0n) is 11.1. The molecule has 0 saturated carbocycles. The average Bonchev–Trinajstić information content (AvgIpc) is 2.43. The molecule has 21 heavy (non-hydrogen) atoms. The maximum atomic E-state index is 12.7. The Morgan fingerprint density at radius 3 is 2.52 bits per heavy atom. The number of amides is 2. The van der Waals surface area contributed by atoms with Crippen LogP contribution in [0, 0.1) is 0 Å². The van der Waals surface area contributed by atoms with Crippen LogP contribution in [0.1, 0.15) is 11.1 Å². The summed E-state index contributed by atoms with van der Waals surface area (Å²) in [5.74, 6) is -1.97. The van der Waals surface area contributed by atoms with Crippen molar-refractivity contribution in [1.82, 2.24) is 10.4 Å². The van der Waals surface area contributed by atoms with Gasteiger partial charge in [-0.05, 0) is 17.7 Å². The first kappa shape index (κ1) is 17.3. The van der Waals surface area contributed by atoms with Crippen LogP contribution in [0.15, 0.2) is 18.2 Å². The van der Waals surface area contributed by atoms with Gasteiger partial charge >= 0.3 is 18.0 Å². The Kier molecular flexibility index (Phi) is 5.56. The van der Waals surface area contributed by atoms with Crippen molar-refractivity contribution in [3.8, 4) is 0 Å². The normalized spacial score (nSPS) is 11.1. The highest BCUT2D eigenvalue weighted by Crippen LogP contribution is 2.35. The van der Waals surface area contributed by atoms with Crippen LogP contribution in [0.2, 0.25) is 5.02 Å². The first-order valence-corrected chi connectivity index (χ1v) is 6.00. The fourth-order valence-corrected chi connectivity index (χ4v) is 1.61. The van der Waals surface area contributed by atoms with Crippen LogP contribution in [0.25, 0.3) is 0 Å². The molecule has 1 aromatic rings. The lowest BCUT2D eigenvalue weighted by atomic mass is 10.1. The van der Waals surface area contributed by atoms with E-state index in [0.29, 0.717) is 5.06 Å². The van der Waals surface area contributed by atoms with Crippen molar-refractivity contribution in [2.75, 3.05) is 14.2 Å². The number of hydroxylamine groups is 2. The SMILES string of the molecule is CON(C)C(=O)C(=O)NCc1ccc(Cl)c(C(F)(F)F)c1. The van der Waals surface area contributed by atoms with E-state index in [1.807, 2.05) is 0 Å². The van der Waals surface area contributed by atoms with Crippen LogP contribution in [0.4, 0.5) is 13.2 Å². The van der Waals surface area contributed by atoms with Gasteiger partial charge in [-0.15, -0.1) is 0 Å². The Morgan fingerprint density at radius 1 is 1.38 bits per heavy atom. The minimum Gasteiger partial charge on any atom is -0.344 e. The van der Waals surface area contributed by atoms with Gasteiger partial charge < -0.3 is 5.32 Å². The highest BCUT2D eigenvalue weighted by molar-refractivity contribution is 6.34. The molecule has 1 N–H and O–H groups in total. The molecule has 0 radical (unpaired) electrons. The van der Waals surface area contributed by atoms with E-state index in [1.54, 1.807) is 0 Å². The van der Waals surface area contributed by atoms with Crippen molar-refractivity contribution in [2.24, 2.45) is 0 Å². The number of halogens is 4. The third-order valence-electron chi connectivity index (χ3n) is 2.54. The summed E-state index contributed by atoms with van der Waals surface area (Å²) in [6.45, 7) is -0.248. The number of carbonyl (C=O) groups is 2. The molecule has 0 aliphatic rings. The van der Waals surface area contributed by atoms with Crippen molar-refractivity contribution in [1.29, 1.82) is 0 Å².